The average Bonchev–Trinajstić information content (AvgIpc) is 2.34. The van der Waals surface area contributed by atoms with Crippen molar-refractivity contribution in [3.8, 4) is 6.07 Å². The molecule has 1 unspecified atom stereocenters. The predicted molar refractivity (Wildman–Crippen MR) is 64.8 cm³/mol. The van der Waals surface area contributed by atoms with Crippen molar-refractivity contribution < 1.29 is 0 Å². The van der Waals surface area contributed by atoms with Crippen LogP contribution in [0.2, 0.25) is 0 Å². The smallest absolute Gasteiger partial charge is 0.0982 e. The number of nitriles is 1. The summed E-state index contributed by atoms with van der Waals surface area (Å²) in [6.07, 6.45) is 0. The van der Waals surface area contributed by atoms with Crippen molar-refractivity contribution >= 4 is 5.69 Å². The van der Waals surface area contributed by atoms with Crippen molar-refractivity contribution in [3.05, 3.63) is 65.7 Å². The number of nitrogens with two attached hydrogens (primary N) is 1. The van der Waals surface area contributed by atoms with Crippen LogP contribution in [0.5, 0.6) is 0 Å². The van der Waals surface area contributed by atoms with E-state index in [4.69, 9.17) is 5.73 Å². The molecule has 2 heteroatoms. The molecule has 2 aromatic carbocycles. The molecule has 0 spiro atoms. The quantitative estimate of drug-likeness (QED) is 0.771. The Balaban J connectivity index is 2.47. The van der Waals surface area contributed by atoms with Crippen molar-refractivity contribution in [1.29, 1.82) is 5.26 Å². The molecule has 0 saturated carbocycles. The van der Waals surface area contributed by atoms with Gasteiger partial charge in [-0.3, -0.25) is 0 Å². The molecule has 0 bridgehead atoms. The zero-order valence-electron chi connectivity index (χ0n) is 8.80. The number of rotatable bonds is 2. The maximum absolute atomic E-state index is 9.25. The Morgan fingerprint density at radius 1 is 0.938 bits per heavy atom. The fourth-order valence-electron chi connectivity index (χ4n) is 1.74. The Morgan fingerprint density at radius 3 is 2.19 bits per heavy atom. The minimum absolute atomic E-state index is 0.289. The Bertz CT molecular complexity index is 512. The highest BCUT2D eigenvalue weighted by Gasteiger charge is 2.14. The summed E-state index contributed by atoms with van der Waals surface area (Å²) in [7, 11) is 0. The van der Waals surface area contributed by atoms with E-state index in [1.54, 1.807) is 0 Å². The van der Waals surface area contributed by atoms with Gasteiger partial charge < -0.3 is 5.73 Å². The van der Waals surface area contributed by atoms with E-state index in [2.05, 4.69) is 6.07 Å². The van der Waals surface area contributed by atoms with Gasteiger partial charge in [0.1, 0.15) is 0 Å². The van der Waals surface area contributed by atoms with Crippen molar-refractivity contribution in [2.24, 2.45) is 0 Å². The molecule has 0 heterocycles. The SMILES string of the molecule is N#CC(c1ccccc1)c1ccccc1N. The normalized spacial score (nSPS) is 11.7. The molecule has 16 heavy (non-hydrogen) atoms. The lowest BCUT2D eigenvalue weighted by atomic mass is 9.91. The fraction of sp³-hybridized carbons (Fsp3) is 0.0714. The molecular weight excluding hydrogens is 196 g/mol. The molecule has 0 aromatic heterocycles. The summed E-state index contributed by atoms with van der Waals surface area (Å²) in [6, 6.07) is 19.5. The zero-order chi connectivity index (χ0) is 11.4. The van der Waals surface area contributed by atoms with Crippen LogP contribution in [0, 0.1) is 11.3 Å². The van der Waals surface area contributed by atoms with Crippen LogP contribution in [-0.4, -0.2) is 0 Å². The van der Waals surface area contributed by atoms with Crippen LogP contribution < -0.4 is 5.73 Å². The van der Waals surface area contributed by atoms with Gasteiger partial charge in [-0.1, -0.05) is 48.5 Å². The van der Waals surface area contributed by atoms with E-state index in [0.717, 1.165) is 11.1 Å². The van der Waals surface area contributed by atoms with E-state index < -0.39 is 0 Å². The van der Waals surface area contributed by atoms with E-state index in [1.807, 2.05) is 54.6 Å². The minimum atomic E-state index is -0.289. The van der Waals surface area contributed by atoms with E-state index >= 15 is 0 Å². The Labute approximate surface area is 95.0 Å². The topological polar surface area (TPSA) is 49.8 Å². The van der Waals surface area contributed by atoms with Crippen molar-refractivity contribution in [2.75, 3.05) is 5.73 Å². The number of para-hydroxylation sites is 1. The van der Waals surface area contributed by atoms with Crippen LogP contribution in [0.4, 0.5) is 5.69 Å². The summed E-state index contributed by atoms with van der Waals surface area (Å²) in [5.74, 6) is -0.289. The van der Waals surface area contributed by atoms with Crippen LogP contribution in [0.15, 0.2) is 54.6 Å². The molecule has 1 atom stereocenters. The molecule has 2 aromatic rings. The largest absolute Gasteiger partial charge is 0.398 e. The third kappa shape index (κ3) is 1.89. The molecule has 0 aliphatic heterocycles. The first-order chi connectivity index (χ1) is 7.83. The van der Waals surface area contributed by atoms with Crippen molar-refractivity contribution in [1.82, 2.24) is 0 Å². The summed E-state index contributed by atoms with van der Waals surface area (Å²) in [5, 5.41) is 9.25. The van der Waals surface area contributed by atoms with Gasteiger partial charge in [-0.05, 0) is 17.2 Å². The van der Waals surface area contributed by atoms with Gasteiger partial charge in [0, 0.05) is 5.69 Å². The average molecular weight is 208 g/mol. The standard InChI is InChI=1S/C14H12N2/c15-10-13(11-6-2-1-3-7-11)12-8-4-5-9-14(12)16/h1-9,13H,16H2. The number of hydrogen-bond donors (Lipinski definition) is 1. The maximum Gasteiger partial charge on any atom is 0.0982 e. The van der Waals surface area contributed by atoms with Crippen LogP contribution in [0.1, 0.15) is 17.0 Å². The Morgan fingerprint density at radius 2 is 1.56 bits per heavy atom. The van der Waals surface area contributed by atoms with E-state index in [9.17, 15) is 5.26 Å². The molecule has 0 aliphatic rings. The number of nitrogen functional groups attached to an aromatic ring is 1. The molecule has 0 amide bonds. The second-order valence-electron chi connectivity index (χ2n) is 3.60. The van der Waals surface area contributed by atoms with E-state index in [-0.39, 0.29) is 5.92 Å². The van der Waals surface area contributed by atoms with Gasteiger partial charge in [0.2, 0.25) is 0 Å². The van der Waals surface area contributed by atoms with Gasteiger partial charge in [-0.2, -0.15) is 5.26 Å². The van der Waals surface area contributed by atoms with Crippen LogP contribution in [0.25, 0.3) is 0 Å². The molecule has 0 radical (unpaired) electrons. The first-order valence-electron chi connectivity index (χ1n) is 5.12. The highest BCUT2D eigenvalue weighted by atomic mass is 14.6. The third-order valence-electron chi connectivity index (χ3n) is 2.57. The third-order valence-corrected chi connectivity index (χ3v) is 2.57. The molecule has 78 valence electrons. The number of hydrogen-bond acceptors (Lipinski definition) is 2. The summed E-state index contributed by atoms with van der Waals surface area (Å²) in [5.41, 5.74) is 8.39. The summed E-state index contributed by atoms with van der Waals surface area (Å²) < 4.78 is 0. The van der Waals surface area contributed by atoms with Gasteiger partial charge in [-0.15, -0.1) is 0 Å². The molecule has 2 nitrogen and oxygen atoms in total. The molecule has 0 saturated heterocycles. The first kappa shape index (κ1) is 10.3. The van der Waals surface area contributed by atoms with Gasteiger partial charge in [-0.25, -0.2) is 0 Å². The molecule has 2 rings (SSSR count). The first-order valence-corrected chi connectivity index (χ1v) is 5.12. The summed E-state index contributed by atoms with van der Waals surface area (Å²) >= 11 is 0. The van der Waals surface area contributed by atoms with Gasteiger partial charge >= 0.3 is 0 Å². The maximum atomic E-state index is 9.25. The van der Waals surface area contributed by atoms with Crippen molar-refractivity contribution in [2.45, 2.75) is 5.92 Å². The Hall–Kier alpha value is -2.27. The number of anilines is 1. The summed E-state index contributed by atoms with van der Waals surface area (Å²) in [6.45, 7) is 0. The predicted octanol–water partition coefficient (Wildman–Crippen LogP) is 2.92. The monoisotopic (exact) mass is 208 g/mol. The highest BCUT2D eigenvalue weighted by Crippen LogP contribution is 2.27. The van der Waals surface area contributed by atoms with E-state index in [1.165, 1.54) is 0 Å². The summed E-state index contributed by atoms with van der Waals surface area (Å²) in [4.78, 5) is 0. The second kappa shape index (κ2) is 4.50. The lowest BCUT2D eigenvalue weighted by Crippen LogP contribution is -2.02. The lowest BCUT2D eigenvalue weighted by Gasteiger charge is -2.11. The molecule has 2 N–H and O–H groups in total. The Kier molecular flexibility index (Phi) is 2.88. The fourth-order valence-corrected chi connectivity index (χ4v) is 1.74. The zero-order valence-corrected chi connectivity index (χ0v) is 8.80. The number of benzene rings is 2. The molecule has 0 aliphatic carbocycles. The minimum Gasteiger partial charge on any atom is -0.398 e. The second-order valence-corrected chi connectivity index (χ2v) is 3.60. The van der Waals surface area contributed by atoms with Gasteiger partial charge in [0.25, 0.3) is 0 Å². The molecular formula is C14H12N2. The van der Waals surface area contributed by atoms with Crippen LogP contribution in [-0.2, 0) is 0 Å². The van der Waals surface area contributed by atoms with Crippen LogP contribution >= 0.6 is 0 Å². The van der Waals surface area contributed by atoms with Gasteiger partial charge in [0.05, 0.1) is 12.0 Å². The van der Waals surface area contributed by atoms with E-state index in [0.29, 0.717) is 5.69 Å². The molecule has 0 fully saturated rings. The van der Waals surface area contributed by atoms with Crippen LogP contribution in [0.3, 0.4) is 0 Å². The number of nitrogens with zero attached hydrogens (tertiary/aromatic N) is 1. The van der Waals surface area contributed by atoms with Crippen molar-refractivity contribution in [3.63, 3.8) is 0 Å². The van der Waals surface area contributed by atoms with Gasteiger partial charge in [0.15, 0.2) is 0 Å². The highest BCUT2D eigenvalue weighted by molar-refractivity contribution is 5.53. The lowest BCUT2D eigenvalue weighted by molar-refractivity contribution is 1.04.